The van der Waals surface area contributed by atoms with Crippen molar-refractivity contribution in [1.29, 1.82) is 0 Å². The summed E-state index contributed by atoms with van der Waals surface area (Å²) in [5.74, 6) is 6.24. The molecule has 1 unspecified atom stereocenters. The first-order valence-corrected chi connectivity index (χ1v) is 6.39. The summed E-state index contributed by atoms with van der Waals surface area (Å²) in [5, 5.41) is 3.07. The van der Waals surface area contributed by atoms with E-state index in [0.717, 1.165) is 5.69 Å². The van der Waals surface area contributed by atoms with Gasteiger partial charge in [0.05, 0.1) is 0 Å². The molecule has 7 nitrogen and oxygen atoms in total. The van der Waals surface area contributed by atoms with Crippen LogP contribution in [0.15, 0.2) is 6.07 Å². The number of likely N-dealkylation sites (N-methyl/N-ethyl adjacent to an activating group) is 1. The number of hydrogen-bond acceptors (Lipinski definition) is 6. The molecule has 0 aliphatic rings. The van der Waals surface area contributed by atoms with Crippen molar-refractivity contribution in [3.8, 4) is 0 Å². The maximum atomic E-state index is 12.1. The number of nitrogen functional groups attached to an aromatic ring is 1. The largest absolute Gasteiger partial charge is 0.358 e. The van der Waals surface area contributed by atoms with E-state index in [1.807, 2.05) is 27.7 Å². The average Bonchev–Trinajstić information content (AvgIpc) is 2.39. The Morgan fingerprint density at radius 1 is 1.42 bits per heavy atom. The highest BCUT2D eigenvalue weighted by molar-refractivity contribution is 5.84. The molecular weight excluding hydrogens is 244 g/mol. The summed E-state index contributed by atoms with van der Waals surface area (Å²) in [6.45, 7) is 8.95. The van der Waals surface area contributed by atoms with Gasteiger partial charge in [0.25, 0.3) is 0 Å². The maximum Gasteiger partial charge on any atom is 0.244 e. The van der Waals surface area contributed by atoms with Gasteiger partial charge in [-0.3, -0.25) is 10.2 Å². The van der Waals surface area contributed by atoms with E-state index in [-0.39, 0.29) is 11.9 Å². The number of nitrogens with zero attached hydrogens (tertiary/aromatic N) is 3. The number of nitrogens with one attached hydrogen (secondary N) is 2. The second-order valence-electron chi connectivity index (χ2n) is 4.24. The van der Waals surface area contributed by atoms with Crippen LogP contribution in [0.4, 0.5) is 11.8 Å². The number of carbonyl (C=O) groups excluding carboxylic acids is 1. The van der Waals surface area contributed by atoms with E-state index in [9.17, 15) is 4.79 Å². The average molecular weight is 266 g/mol. The molecule has 1 rings (SSSR count). The Morgan fingerprint density at radius 2 is 2.05 bits per heavy atom. The number of aryl methyl sites for hydroxylation is 1. The molecule has 7 heteroatoms. The molecule has 19 heavy (non-hydrogen) atoms. The van der Waals surface area contributed by atoms with Crippen LogP contribution in [0.2, 0.25) is 0 Å². The third-order valence-corrected chi connectivity index (χ3v) is 2.79. The lowest BCUT2D eigenvalue weighted by Crippen LogP contribution is -2.41. The zero-order chi connectivity index (χ0) is 14.4. The van der Waals surface area contributed by atoms with Gasteiger partial charge in [-0.1, -0.05) is 0 Å². The zero-order valence-corrected chi connectivity index (χ0v) is 11.9. The van der Waals surface area contributed by atoms with Crippen molar-refractivity contribution in [3.63, 3.8) is 0 Å². The number of aromatic nitrogens is 2. The van der Waals surface area contributed by atoms with Gasteiger partial charge in [0.1, 0.15) is 11.9 Å². The molecular formula is C12H22N6O. The minimum Gasteiger partial charge on any atom is -0.358 e. The fourth-order valence-electron chi connectivity index (χ4n) is 1.80. The first kappa shape index (κ1) is 15.2. The van der Waals surface area contributed by atoms with Gasteiger partial charge >= 0.3 is 0 Å². The third-order valence-electron chi connectivity index (χ3n) is 2.79. The molecule has 0 saturated carbocycles. The molecule has 1 amide bonds. The van der Waals surface area contributed by atoms with Crippen LogP contribution in [0.25, 0.3) is 0 Å². The molecule has 0 radical (unpaired) electrons. The van der Waals surface area contributed by atoms with Crippen molar-refractivity contribution in [1.82, 2.24) is 14.9 Å². The van der Waals surface area contributed by atoms with Crippen LogP contribution in [0.5, 0.6) is 0 Å². The van der Waals surface area contributed by atoms with Gasteiger partial charge in [-0.25, -0.2) is 10.8 Å². The second kappa shape index (κ2) is 6.89. The van der Waals surface area contributed by atoms with Crippen LogP contribution in [0.3, 0.4) is 0 Å². The summed E-state index contributed by atoms with van der Waals surface area (Å²) in [5.41, 5.74) is 3.17. The van der Waals surface area contributed by atoms with Crippen LogP contribution in [0.1, 0.15) is 26.5 Å². The third kappa shape index (κ3) is 4.06. The lowest BCUT2D eigenvalue weighted by atomic mass is 10.2. The molecule has 0 aliphatic carbocycles. The standard InChI is InChI=1S/C12H22N6O/c1-5-18(6-2)11(19)9(4)15-10-7-8(3)14-12(16-10)17-13/h7,9H,5-6,13H2,1-4H3,(H2,14,15,16,17). The van der Waals surface area contributed by atoms with Crippen LogP contribution in [-0.2, 0) is 4.79 Å². The van der Waals surface area contributed by atoms with E-state index in [2.05, 4.69) is 20.7 Å². The fourth-order valence-corrected chi connectivity index (χ4v) is 1.80. The Bertz CT molecular complexity index is 432. The SMILES string of the molecule is CCN(CC)C(=O)C(C)Nc1cc(C)nc(NN)n1. The minimum atomic E-state index is -0.347. The molecule has 0 fully saturated rings. The molecule has 0 saturated heterocycles. The second-order valence-corrected chi connectivity index (χ2v) is 4.24. The molecule has 0 spiro atoms. The summed E-state index contributed by atoms with van der Waals surface area (Å²) >= 11 is 0. The maximum absolute atomic E-state index is 12.1. The first-order valence-electron chi connectivity index (χ1n) is 6.39. The predicted octanol–water partition coefficient (Wildman–Crippen LogP) is 0.739. The molecule has 106 valence electrons. The molecule has 0 aromatic carbocycles. The van der Waals surface area contributed by atoms with Gasteiger partial charge in [-0.15, -0.1) is 0 Å². The van der Waals surface area contributed by atoms with Gasteiger partial charge in [0.15, 0.2) is 0 Å². The Kier molecular flexibility index (Phi) is 5.50. The number of anilines is 2. The highest BCUT2D eigenvalue weighted by Gasteiger charge is 2.18. The normalized spacial score (nSPS) is 11.8. The van der Waals surface area contributed by atoms with Crippen molar-refractivity contribution < 1.29 is 4.79 Å². The molecule has 1 aromatic rings. The lowest BCUT2D eigenvalue weighted by molar-refractivity contribution is -0.131. The first-order chi connectivity index (χ1) is 9.01. The predicted molar refractivity (Wildman–Crippen MR) is 75.6 cm³/mol. The van der Waals surface area contributed by atoms with E-state index in [1.54, 1.807) is 11.0 Å². The molecule has 4 N–H and O–H groups in total. The van der Waals surface area contributed by atoms with E-state index < -0.39 is 0 Å². The number of amides is 1. The quantitative estimate of drug-likeness (QED) is 0.519. The van der Waals surface area contributed by atoms with Crippen LogP contribution >= 0.6 is 0 Å². The van der Waals surface area contributed by atoms with Crippen molar-refractivity contribution >= 4 is 17.7 Å². The van der Waals surface area contributed by atoms with Crippen LogP contribution < -0.4 is 16.6 Å². The number of rotatable bonds is 6. The zero-order valence-electron chi connectivity index (χ0n) is 11.9. The van der Waals surface area contributed by atoms with Crippen molar-refractivity contribution in [3.05, 3.63) is 11.8 Å². The van der Waals surface area contributed by atoms with Gasteiger partial charge in [-0.2, -0.15) is 4.98 Å². The Hall–Kier alpha value is -1.89. The van der Waals surface area contributed by atoms with Crippen molar-refractivity contribution in [2.75, 3.05) is 23.8 Å². The summed E-state index contributed by atoms with van der Waals surface area (Å²) < 4.78 is 0. The van der Waals surface area contributed by atoms with E-state index >= 15 is 0 Å². The summed E-state index contributed by atoms with van der Waals surface area (Å²) in [6.07, 6.45) is 0. The molecule has 1 heterocycles. The topological polar surface area (TPSA) is 96.2 Å². The summed E-state index contributed by atoms with van der Waals surface area (Å²) in [7, 11) is 0. The smallest absolute Gasteiger partial charge is 0.244 e. The minimum absolute atomic E-state index is 0.0449. The lowest BCUT2D eigenvalue weighted by Gasteiger charge is -2.23. The van der Waals surface area contributed by atoms with Gasteiger partial charge in [0, 0.05) is 24.8 Å². The molecule has 0 bridgehead atoms. The molecule has 1 aromatic heterocycles. The monoisotopic (exact) mass is 266 g/mol. The molecule has 0 aliphatic heterocycles. The fraction of sp³-hybridized carbons (Fsp3) is 0.583. The van der Waals surface area contributed by atoms with Gasteiger partial charge in [-0.05, 0) is 27.7 Å². The van der Waals surface area contributed by atoms with E-state index in [1.165, 1.54) is 0 Å². The van der Waals surface area contributed by atoms with Gasteiger partial charge in [0.2, 0.25) is 11.9 Å². The van der Waals surface area contributed by atoms with E-state index in [4.69, 9.17) is 5.84 Å². The van der Waals surface area contributed by atoms with Crippen LogP contribution in [0, 0.1) is 6.92 Å². The number of hydrazine groups is 1. The Balaban J connectivity index is 2.78. The Labute approximate surface area is 113 Å². The van der Waals surface area contributed by atoms with Crippen LogP contribution in [-0.4, -0.2) is 39.9 Å². The van der Waals surface area contributed by atoms with Crippen molar-refractivity contribution in [2.45, 2.75) is 33.7 Å². The number of hydrogen-bond donors (Lipinski definition) is 3. The summed E-state index contributed by atoms with van der Waals surface area (Å²) in [6, 6.07) is 1.42. The number of nitrogens with two attached hydrogens (primary N) is 1. The highest BCUT2D eigenvalue weighted by atomic mass is 16.2. The summed E-state index contributed by atoms with van der Waals surface area (Å²) in [4.78, 5) is 22.1. The van der Waals surface area contributed by atoms with E-state index in [0.29, 0.717) is 24.9 Å². The van der Waals surface area contributed by atoms with Gasteiger partial charge < -0.3 is 10.2 Å². The Morgan fingerprint density at radius 3 is 2.58 bits per heavy atom. The molecule has 1 atom stereocenters. The van der Waals surface area contributed by atoms with Crippen molar-refractivity contribution in [2.24, 2.45) is 5.84 Å². The highest BCUT2D eigenvalue weighted by Crippen LogP contribution is 2.10. The number of carbonyl (C=O) groups is 1.